The highest BCUT2D eigenvalue weighted by molar-refractivity contribution is 5.88. The first-order valence-corrected chi connectivity index (χ1v) is 13.8. The fourth-order valence-electron chi connectivity index (χ4n) is 5.00. The number of alkyl carbamates (subject to hydrolysis) is 1. The Bertz CT molecular complexity index is 1260. The molecule has 0 bridgehead atoms. The molecule has 10 heteroatoms. The van der Waals surface area contributed by atoms with Gasteiger partial charge >= 0.3 is 12.1 Å². The number of amides is 2. The van der Waals surface area contributed by atoms with Crippen LogP contribution in [0.1, 0.15) is 60.6 Å². The van der Waals surface area contributed by atoms with Crippen LogP contribution in [0.3, 0.4) is 0 Å². The van der Waals surface area contributed by atoms with Crippen LogP contribution in [-0.4, -0.2) is 77.7 Å². The molecule has 0 spiro atoms. The minimum Gasteiger partial charge on any atom is -0.464 e. The molecule has 3 aromatic rings. The molecule has 1 fully saturated rings. The van der Waals surface area contributed by atoms with Crippen molar-refractivity contribution in [3.05, 3.63) is 89.6 Å². The fourth-order valence-corrected chi connectivity index (χ4v) is 5.00. The van der Waals surface area contributed by atoms with Crippen molar-refractivity contribution in [1.82, 2.24) is 20.1 Å². The third kappa shape index (κ3) is 7.94. The number of carbonyl (C=O) groups excluding carboxylic acids is 3. The van der Waals surface area contributed by atoms with E-state index in [0.717, 1.165) is 6.39 Å². The maximum absolute atomic E-state index is 13.7. The summed E-state index contributed by atoms with van der Waals surface area (Å²) in [7, 11) is 1.26. The highest BCUT2D eigenvalue weighted by Gasteiger charge is 2.33. The lowest BCUT2D eigenvalue weighted by Crippen LogP contribution is -2.56. The van der Waals surface area contributed by atoms with E-state index in [2.05, 4.69) is 39.5 Å². The van der Waals surface area contributed by atoms with E-state index in [4.69, 9.17) is 13.9 Å². The molecule has 1 aliphatic rings. The molecule has 2 heterocycles. The van der Waals surface area contributed by atoms with Gasteiger partial charge in [-0.3, -0.25) is 9.69 Å². The average Bonchev–Trinajstić information content (AvgIpc) is 3.44. The zero-order valence-corrected chi connectivity index (χ0v) is 24.0. The maximum atomic E-state index is 13.7. The highest BCUT2D eigenvalue weighted by atomic mass is 16.6. The van der Waals surface area contributed by atoms with E-state index in [0.29, 0.717) is 31.9 Å². The Labute approximate surface area is 240 Å². The molecule has 0 radical (unpaired) electrons. The molecule has 41 heavy (non-hydrogen) atoms. The van der Waals surface area contributed by atoms with Crippen LogP contribution in [0.2, 0.25) is 0 Å². The Morgan fingerprint density at radius 1 is 0.951 bits per heavy atom. The molecule has 1 aliphatic heterocycles. The number of piperazine rings is 1. The van der Waals surface area contributed by atoms with Gasteiger partial charge in [-0.05, 0) is 38.3 Å². The molecular weight excluding hydrogens is 524 g/mol. The van der Waals surface area contributed by atoms with Gasteiger partial charge in [-0.15, -0.1) is 0 Å². The first kappa shape index (κ1) is 29.8. The summed E-state index contributed by atoms with van der Waals surface area (Å²) in [5.41, 5.74) is 1.71. The number of aromatic nitrogens is 1. The zero-order valence-electron chi connectivity index (χ0n) is 24.0. The first-order valence-electron chi connectivity index (χ1n) is 13.8. The second kappa shape index (κ2) is 13.5. The summed E-state index contributed by atoms with van der Waals surface area (Å²) in [6.07, 6.45) is 0.859. The number of rotatable bonds is 9. The number of methoxy groups -OCH3 is 1. The molecule has 10 nitrogen and oxygen atoms in total. The molecular formula is C31H38N4O6. The minimum atomic E-state index is -0.883. The first-order chi connectivity index (χ1) is 19.7. The Balaban J connectivity index is 1.47. The predicted octanol–water partition coefficient (Wildman–Crippen LogP) is 4.22. The lowest BCUT2D eigenvalue weighted by atomic mass is 9.96. The molecule has 0 saturated carbocycles. The van der Waals surface area contributed by atoms with Gasteiger partial charge < -0.3 is 24.1 Å². The van der Waals surface area contributed by atoms with Gasteiger partial charge in [0.2, 0.25) is 5.91 Å². The standard InChI is InChI=1S/C31H38N4O6/c1-31(2,3)41-30(38)33-24(15-16-25-26(29(37)39-4)32-21-40-25)28(36)35-19-17-34(18-20-35)27(22-11-7-5-8-12-22)23-13-9-6-10-14-23/h5-14,21,24,27H,15-20H2,1-4H3,(H,33,38)/t24-/m0/s1. The molecule has 218 valence electrons. The van der Waals surface area contributed by atoms with Crippen molar-refractivity contribution >= 4 is 18.0 Å². The van der Waals surface area contributed by atoms with E-state index in [1.165, 1.54) is 18.2 Å². The molecule has 1 atom stereocenters. The number of ether oxygens (including phenoxy) is 2. The fraction of sp³-hybridized carbons (Fsp3) is 0.419. The maximum Gasteiger partial charge on any atom is 0.408 e. The number of esters is 1. The summed E-state index contributed by atoms with van der Waals surface area (Å²) in [5.74, 6) is -0.552. The lowest BCUT2D eigenvalue weighted by molar-refractivity contribution is -0.135. The Morgan fingerprint density at radius 3 is 2.07 bits per heavy atom. The van der Waals surface area contributed by atoms with Crippen LogP contribution in [0.5, 0.6) is 0 Å². The van der Waals surface area contributed by atoms with Gasteiger partial charge in [-0.2, -0.15) is 0 Å². The van der Waals surface area contributed by atoms with Crippen molar-refractivity contribution in [1.29, 1.82) is 0 Å². The number of aryl methyl sites for hydroxylation is 1. The van der Waals surface area contributed by atoms with Crippen molar-refractivity contribution in [2.75, 3.05) is 33.3 Å². The van der Waals surface area contributed by atoms with E-state index < -0.39 is 23.7 Å². The van der Waals surface area contributed by atoms with Crippen LogP contribution < -0.4 is 5.32 Å². The number of carbonyl (C=O) groups is 3. The van der Waals surface area contributed by atoms with E-state index in [-0.39, 0.29) is 30.5 Å². The number of oxazole rings is 1. The summed E-state index contributed by atoms with van der Waals surface area (Å²) in [6, 6.07) is 19.9. The van der Waals surface area contributed by atoms with Gasteiger partial charge in [0, 0.05) is 32.6 Å². The summed E-state index contributed by atoms with van der Waals surface area (Å²) in [5, 5.41) is 2.74. The zero-order chi connectivity index (χ0) is 29.4. The topological polar surface area (TPSA) is 114 Å². The van der Waals surface area contributed by atoms with Gasteiger partial charge in [-0.1, -0.05) is 60.7 Å². The largest absolute Gasteiger partial charge is 0.464 e. The number of nitrogens with one attached hydrogen (secondary N) is 1. The van der Waals surface area contributed by atoms with E-state index in [1.807, 2.05) is 36.4 Å². The minimum absolute atomic E-state index is 0.0532. The van der Waals surface area contributed by atoms with Crippen LogP contribution >= 0.6 is 0 Å². The summed E-state index contributed by atoms with van der Waals surface area (Å²) in [4.78, 5) is 46.5. The second-order valence-corrected chi connectivity index (χ2v) is 10.9. The molecule has 4 rings (SSSR count). The SMILES string of the molecule is COC(=O)c1ncoc1CC[C@H](NC(=O)OC(C)(C)C)C(=O)N1CCN(C(c2ccccc2)c2ccccc2)CC1. The summed E-state index contributed by atoms with van der Waals surface area (Å²) >= 11 is 0. The normalized spacial score (nSPS) is 14.9. The summed E-state index contributed by atoms with van der Waals surface area (Å²) < 4.78 is 15.6. The quantitative estimate of drug-likeness (QED) is 0.386. The van der Waals surface area contributed by atoms with Gasteiger partial charge in [0.15, 0.2) is 12.1 Å². The Kier molecular flexibility index (Phi) is 9.78. The third-order valence-electron chi connectivity index (χ3n) is 6.89. The Morgan fingerprint density at radius 2 is 1.54 bits per heavy atom. The number of hydrogen-bond donors (Lipinski definition) is 1. The highest BCUT2D eigenvalue weighted by Crippen LogP contribution is 2.29. The van der Waals surface area contributed by atoms with Crippen molar-refractivity contribution in [2.24, 2.45) is 0 Å². The second-order valence-electron chi connectivity index (χ2n) is 10.9. The molecule has 0 aliphatic carbocycles. The summed E-state index contributed by atoms with van der Waals surface area (Å²) in [6.45, 7) is 7.59. The molecule has 1 N–H and O–H groups in total. The Hall–Kier alpha value is -4.18. The van der Waals surface area contributed by atoms with Gasteiger partial charge in [0.05, 0.1) is 13.2 Å². The molecule has 0 unspecified atom stereocenters. The monoisotopic (exact) mass is 562 g/mol. The molecule has 1 aromatic heterocycles. The van der Waals surface area contributed by atoms with Crippen molar-refractivity contribution < 1.29 is 28.3 Å². The molecule has 2 amide bonds. The van der Waals surface area contributed by atoms with Crippen LogP contribution in [0.25, 0.3) is 0 Å². The van der Waals surface area contributed by atoms with Crippen LogP contribution in [-0.2, 0) is 20.7 Å². The third-order valence-corrected chi connectivity index (χ3v) is 6.89. The van der Waals surface area contributed by atoms with Crippen LogP contribution in [0.15, 0.2) is 71.5 Å². The van der Waals surface area contributed by atoms with Crippen molar-refractivity contribution in [3.63, 3.8) is 0 Å². The van der Waals surface area contributed by atoms with Crippen molar-refractivity contribution in [2.45, 2.75) is 51.3 Å². The number of hydrogen-bond acceptors (Lipinski definition) is 8. The van der Waals surface area contributed by atoms with Crippen molar-refractivity contribution in [3.8, 4) is 0 Å². The average molecular weight is 563 g/mol. The van der Waals surface area contributed by atoms with Crippen LogP contribution in [0.4, 0.5) is 4.79 Å². The van der Waals surface area contributed by atoms with Gasteiger partial charge in [0.1, 0.15) is 17.4 Å². The van der Waals surface area contributed by atoms with E-state index in [1.54, 1.807) is 25.7 Å². The molecule has 2 aromatic carbocycles. The van der Waals surface area contributed by atoms with E-state index in [9.17, 15) is 14.4 Å². The smallest absolute Gasteiger partial charge is 0.408 e. The lowest BCUT2D eigenvalue weighted by Gasteiger charge is -2.40. The molecule has 1 saturated heterocycles. The number of benzene rings is 2. The van der Waals surface area contributed by atoms with Gasteiger partial charge in [0.25, 0.3) is 0 Å². The van der Waals surface area contributed by atoms with Gasteiger partial charge in [-0.25, -0.2) is 14.6 Å². The number of nitrogens with zero attached hydrogens (tertiary/aromatic N) is 3. The predicted molar refractivity (Wildman–Crippen MR) is 152 cm³/mol. The van der Waals surface area contributed by atoms with Crippen LogP contribution in [0, 0.1) is 0 Å². The van der Waals surface area contributed by atoms with E-state index >= 15 is 0 Å².